The van der Waals surface area contributed by atoms with E-state index in [1.165, 1.54) is 6.07 Å². The van der Waals surface area contributed by atoms with Crippen LogP contribution >= 0.6 is 11.6 Å². The third-order valence-corrected chi connectivity index (χ3v) is 3.49. The van der Waals surface area contributed by atoms with Gasteiger partial charge in [-0.15, -0.1) is 10.2 Å². The van der Waals surface area contributed by atoms with Crippen LogP contribution in [-0.4, -0.2) is 19.2 Å². The molecule has 0 saturated heterocycles. The minimum absolute atomic E-state index is 0.170. The maximum atomic E-state index is 14.2. The molecule has 0 unspecified atom stereocenters. The minimum atomic E-state index is -1.11. The molecule has 0 atom stereocenters. The van der Waals surface area contributed by atoms with Gasteiger partial charge in [-0.05, 0) is 24.6 Å². The van der Waals surface area contributed by atoms with Gasteiger partial charge in [0.1, 0.15) is 12.0 Å². The highest BCUT2D eigenvalue weighted by atomic mass is 35.5. The maximum Gasteiger partial charge on any atom is 0.280 e. The van der Waals surface area contributed by atoms with Crippen molar-refractivity contribution >= 4 is 17.4 Å². The molecule has 0 bridgehead atoms. The van der Waals surface area contributed by atoms with Crippen molar-refractivity contribution in [1.82, 2.24) is 19.2 Å². The molecule has 0 amide bonds. The molecule has 6 nitrogen and oxygen atoms in total. The Labute approximate surface area is 126 Å². The average Bonchev–Trinajstić information content (AvgIpc) is 2.44. The second kappa shape index (κ2) is 4.99. The van der Waals surface area contributed by atoms with Crippen LogP contribution in [0.5, 0.6) is 0 Å². The maximum absolute atomic E-state index is 14.2. The van der Waals surface area contributed by atoms with E-state index in [0.29, 0.717) is 16.0 Å². The van der Waals surface area contributed by atoms with Crippen LogP contribution in [0.25, 0.3) is 11.5 Å². The van der Waals surface area contributed by atoms with Gasteiger partial charge in [0.15, 0.2) is 0 Å². The number of nitrogens with zero attached hydrogens (tertiary/aromatic N) is 4. The molecule has 0 spiro atoms. The van der Waals surface area contributed by atoms with Gasteiger partial charge in [0.2, 0.25) is 11.7 Å². The molecule has 2 aromatic heterocycles. The van der Waals surface area contributed by atoms with Crippen LogP contribution in [0.15, 0.2) is 34.0 Å². The highest BCUT2D eigenvalue weighted by Crippen LogP contribution is 2.22. The van der Waals surface area contributed by atoms with E-state index in [2.05, 4.69) is 10.2 Å². The van der Waals surface area contributed by atoms with Gasteiger partial charge in [-0.1, -0.05) is 11.6 Å². The van der Waals surface area contributed by atoms with Crippen molar-refractivity contribution in [2.75, 3.05) is 0 Å². The SMILES string of the molecule is Cc1cc(-n2c(=O)cc(F)n3c(=O)cnnc23)c(F)cc1Cl. The molecule has 0 aliphatic heterocycles. The Morgan fingerprint density at radius 2 is 1.86 bits per heavy atom. The molecule has 0 fully saturated rings. The first-order chi connectivity index (χ1) is 10.4. The normalized spacial score (nSPS) is 11.1. The second-order valence-corrected chi connectivity index (χ2v) is 4.92. The molecule has 2 heterocycles. The summed E-state index contributed by atoms with van der Waals surface area (Å²) in [7, 11) is 0. The van der Waals surface area contributed by atoms with Gasteiger partial charge < -0.3 is 0 Å². The van der Waals surface area contributed by atoms with Crippen LogP contribution in [0.1, 0.15) is 5.56 Å². The van der Waals surface area contributed by atoms with Gasteiger partial charge in [-0.25, -0.2) is 13.4 Å². The van der Waals surface area contributed by atoms with E-state index in [1.54, 1.807) is 6.92 Å². The molecule has 22 heavy (non-hydrogen) atoms. The molecule has 0 aliphatic rings. The first kappa shape index (κ1) is 14.3. The van der Waals surface area contributed by atoms with Gasteiger partial charge in [-0.2, -0.15) is 4.39 Å². The summed E-state index contributed by atoms with van der Waals surface area (Å²) in [6.45, 7) is 1.61. The monoisotopic (exact) mass is 324 g/mol. The third-order valence-electron chi connectivity index (χ3n) is 3.08. The van der Waals surface area contributed by atoms with Gasteiger partial charge >= 0.3 is 0 Å². The Bertz CT molecular complexity index is 1030. The zero-order valence-electron chi connectivity index (χ0n) is 11.0. The first-order valence-corrected chi connectivity index (χ1v) is 6.40. The zero-order valence-corrected chi connectivity index (χ0v) is 11.8. The lowest BCUT2D eigenvalue weighted by atomic mass is 10.2. The van der Waals surface area contributed by atoms with Crippen molar-refractivity contribution in [1.29, 1.82) is 0 Å². The number of rotatable bonds is 1. The molecule has 0 saturated carbocycles. The average molecular weight is 325 g/mol. The van der Waals surface area contributed by atoms with Crippen molar-refractivity contribution in [3.05, 3.63) is 67.5 Å². The fraction of sp³-hybridized carbons (Fsp3) is 0.0769. The summed E-state index contributed by atoms with van der Waals surface area (Å²) in [6, 6.07) is 2.89. The lowest BCUT2D eigenvalue weighted by Gasteiger charge is -2.11. The summed E-state index contributed by atoms with van der Waals surface area (Å²) in [4.78, 5) is 23.7. The van der Waals surface area contributed by atoms with Gasteiger partial charge in [0.25, 0.3) is 11.1 Å². The summed E-state index contributed by atoms with van der Waals surface area (Å²) in [6.07, 6.45) is 0.786. The molecule has 3 aromatic rings. The summed E-state index contributed by atoms with van der Waals surface area (Å²) in [5.41, 5.74) is -1.43. The van der Waals surface area contributed by atoms with E-state index >= 15 is 0 Å². The van der Waals surface area contributed by atoms with Crippen LogP contribution in [0.3, 0.4) is 0 Å². The van der Waals surface area contributed by atoms with E-state index in [1.807, 2.05) is 0 Å². The van der Waals surface area contributed by atoms with Crippen LogP contribution in [-0.2, 0) is 0 Å². The lowest BCUT2D eigenvalue weighted by molar-refractivity contribution is 0.542. The molecule has 3 rings (SSSR count). The smallest absolute Gasteiger partial charge is 0.269 e. The van der Waals surface area contributed by atoms with E-state index < -0.39 is 28.7 Å². The number of benzene rings is 1. The fourth-order valence-corrected chi connectivity index (χ4v) is 2.20. The van der Waals surface area contributed by atoms with Crippen molar-refractivity contribution in [3.63, 3.8) is 0 Å². The second-order valence-electron chi connectivity index (χ2n) is 4.51. The fourth-order valence-electron chi connectivity index (χ4n) is 2.05. The van der Waals surface area contributed by atoms with Crippen molar-refractivity contribution in [2.24, 2.45) is 0 Å². The first-order valence-electron chi connectivity index (χ1n) is 6.02. The minimum Gasteiger partial charge on any atom is -0.269 e. The van der Waals surface area contributed by atoms with E-state index in [-0.39, 0.29) is 10.7 Å². The number of aryl methyl sites for hydroxylation is 1. The molecule has 9 heteroatoms. The van der Waals surface area contributed by atoms with Gasteiger partial charge in [-0.3, -0.25) is 9.59 Å². The quantitative estimate of drug-likeness (QED) is 0.636. The van der Waals surface area contributed by atoms with Crippen molar-refractivity contribution < 1.29 is 8.78 Å². The number of aromatic nitrogens is 4. The van der Waals surface area contributed by atoms with Crippen molar-refractivity contribution in [2.45, 2.75) is 6.92 Å². The van der Waals surface area contributed by atoms with Gasteiger partial charge in [0, 0.05) is 5.02 Å². The summed E-state index contributed by atoms with van der Waals surface area (Å²) < 4.78 is 29.3. The number of fused-ring (bicyclic) bond motifs is 1. The van der Waals surface area contributed by atoms with Gasteiger partial charge in [0.05, 0.1) is 11.8 Å². The largest absolute Gasteiger partial charge is 0.280 e. The Morgan fingerprint density at radius 3 is 2.59 bits per heavy atom. The topological polar surface area (TPSA) is 69.3 Å². The summed E-state index contributed by atoms with van der Waals surface area (Å²) in [5.74, 6) is -2.36. The molecule has 112 valence electrons. The predicted octanol–water partition coefficient (Wildman–Crippen LogP) is 1.48. The summed E-state index contributed by atoms with van der Waals surface area (Å²) >= 11 is 5.81. The van der Waals surface area contributed by atoms with Crippen LogP contribution in [0.2, 0.25) is 5.02 Å². The van der Waals surface area contributed by atoms with E-state index in [9.17, 15) is 18.4 Å². The number of hydrogen-bond donors (Lipinski definition) is 0. The predicted molar refractivity (Wildman–Crippen MR) is 74.5 cm³/mol. The molecule has 0 aliphatic carbocycles. The Balaban J connectivity index is 2.52. The number of hydrogen-bond acceptors (Lipinski definition) is 4. The summed E-state index contributed by atoms with van der Waals surface area (Å²) in [5, 5.41) is 7.13. The highest BCUT2D eigenvalue weighted by Gasteiger charge is 2.17. The van der Waals surface area contributed by atoms with E-state index in [4.69, 9.17) is 11.6 Å². The van der Waals surface area contributed by atoms with E-state index in [0.717, 1.165) is 16.8 Å². The molecule has 0 radical (unpaired) electrons. The van der Waals surface area contributed by atoms with Crippen LogP contribution < -0.4 is 11.1 Å². The molecular formula is C13H7ClF2N4O2. The molecule has 1 aromatic carbocycles. The zero-order chi connectivity index (χ0) is 16.0. The standard InChI is InChI=1S/C13H7ClF2N4O2/c1-6-2-9(8(15)3-7(6)14)19-11(21)4-10(16)20-12(22)5-17-18-13(19)20/h2-5H,1H3. The highest BCUT2D eigenvalue weighted by molar-refractivity contribution is 6.31. The lowest BCUT2D eigenvalue weighted by Crippen LogP contribution is -2.29. The molecular weight excluding hydrogens is 318 g/mol. The molecule has 0 N–H and O–H groups in total. The van der Waals surface area contributed by atoms with Crippen molar-refractivity contribution in [3.8, 4) is 5.69 Å². The Kier molecular flexibility index (Phi) is 3.25. The van der Waals surface area contributed by atoms with Crippen LogP contribution in [0.4, 0.5) is 8.78 Å². The Morgan fingerprint density at radius 1 is 1.14 bits per heavy atom. The van der Waals surface area contributed by atoms with Crippen LogP contribution in [0, 0.1) is 18.7 Å². The Hall–Kier alpha value is -2.61. The number of halogens is 3. The third kappa shape index (κ3) is 2.08.